The van der Waals surface area contributed by atoms with E-state index in [4.69, 9.17) is 13.9 Å². The van der Waals surface area contributed by atoms with Crippen LogP contribution >= 0.6 is 0 Å². The molecule has 0 saturated carbocycles. The van der Waals surface area contributed by atoms with Gasteiger partial charge in [0.05, 0.1) is 43.0 Å². The molecular weight excluding hydrogens is 424 g/mol. The molecule has 8 heteroatoms. The first kappa shape index (κ1) is 21.3. The number of hydrogen-bond acceptors (Lipinski definition) is 7. The topological polar surface area (TPSA) is 92.5 Å². The Morgan fingerprint density at radius 3 is 2.67 bits per heavy atom. The second-order valence-corrected chi connectivity index (χ2v) is 8.32. The van der Waals surface area contributed by atoms with Gasteiger partial charge < -0.3 is 28.8 Å². The number of carboxylic acid groups (broad SMARTS) is 1. The fraction of sp³-hybridized carbons (Fsp3) is 0.360. The van der Waals surface area contributed by atoms with Crippen molar-refractivity contribution in [2.75, 3.05) is 49.8 Å². The predicted molar refractivity (Wildman–Crippen MR) is 125 cm³/mol. The number of para-hydroxylation sites is 2. The van der Waals surface area contributed by atoms with Gasteiger partial charge in [0.2, 0.25) is 0 Å². The molecule has 8 nitrogen and oxygen atoms in total. The summed E-state index contributed by atoms with van der Waals surface area (Å²) >= 11 is 0. The lowest BCUT2D eigenvalue weighted by molar-refractivity contribution is 0.0697. The van der Waals surface area contributed by atoms with Crippen LogP contribution in [0.4, 0.5) is 11.6 Å². The third-order valence-electron chi connectivity index (χ3n) is 6.42. The first-order chi connectivity index (χ1) is 16.1. The number of hydrogen-bond donors (Lipinski definition) is 1. The van der Waals surface area contributed by atoms with E-state index in [9.17, 15) is 14.7 Å². The van der Waals surface area contributed by atoms with Crippen LogP contribution in [0.2, 0.25) is 0 Å². The SMILES string of the molecule is COc1ccccc1N1CCC[C@@H]1c1cc(C(=O)O)cc2c(=O)cc(N3CCOCC3)oc12. The molecule has 3 aromatic rings. The molecule has 2 aromatic carbocycles. The molecule has 2 saturated heterocycles. The summed E-state index contributed by atoms with van der Waals surface area (Å²) in [4.78, 5) is 29.2. The molecule has 0 amide bonds. The summed E-state index contributed by atoms with van der Waals surface area (Å²) in [6.45, 7) is 3.19. The quantitative estimate of drug-likeness (QED) is 0.629. The Kier molecular flexibility index (Phi) is 5.68. The third-order valence-corrected chi connectivity index (χ3v) is 6.42. The van der Waals surface area contributed by atoms with E-state index in [2.05, 4.69) is 4.90 Å². The molecule has 33 heavy (non-hydrogen) atoms. The zero-order valence-electron chi connectivity index (χ0n) is 18.5. The number of morpholine rings is 1. The molecular formula is C25H26N2O6. The molecule has 0 bridgehead atoms. The van der Waals surface area contributed by atoms with Crippen LogP contribution in [0.1, 0.15) is 34.8 Å². The van der Waals surface area contributed by atoms with Crippen molar-refractivity contribution in [2.24, 2.45) is 0 Å². The molecule has 0 aliphatic carbocycles. The number of benzene rings is 2. The number of anilines is 2. The van der Waals surface area contributed by atoms with Crippen LogP contribution in [0.5, 0.6) is 5.75 Å². The summed E-state index contributed by atoms with van der Waals surface area (Å²) in [5.74, 6) is 0.164. The van der Waals surface area contributed by atoms with Crippen molar-refractivity contribution >= 4 is 28.5 Å². The minimum atomic E-state index is -1.07. The summed E-state index contributed by atoms with van der Waals surface area (Å²) in [6, 6.07) is 12.1. The Balaban J connectivity index is 1.69. The summed E-state index contributed by atoms with van der Waals surface area (Å²) < 4.78 is 17.3. The number of aromatic carboxylic acids is 1. The average molecular weight is 450 g/mol. The van der Waals surface area contributed by atoms with Crippen molar-refractivity contribution in [3.05, 3.63) is 63.8 Å². The van der Waals surface area contributed by atoms with E-state index in [0.717, 1.165) is 30.8 Å². The number of carboxylic acids is 1. The van der Waals surface area contributed by atoms with E-state index >= 15 is 0 Å². The Bertz CT molecular complexity index is 1250. The Labute approximate surface area is 190 Å². The lowest BCUT2D eigenvalue weighted by atomic mass is 9.98. The van der Waals surface area contributed by atoms with Crippen LogP contribution < -0.4 is 20.0 Å². The molecule has 172 valence electrons. The summed E-state index contributed by atoms with van der Waals surface area (Å²) in [6.07, 6.45) is 1.73. The van der Waals surface area contributed by atoms with Gasteiger partial charge in [0, 0.05) is 31.3 Å². The second kappa shape index (κ2) is 8.78. The fourth-order valence-corrected chi connectivity index (χ4v) is 4.83. The van der Waals surface area contributed by atoms with E-state index in [1.54, 1.807) is 13.2 Å². The average Bonchev–Trinajstić information content (AvgIpc) is 3.33. The van der Waals surface area contributed by atoms with Crippen LogP contribution in [0, 0.1) is 0 Å². The number of rotatable bonds is 5. The van der Waals surface area contributed by atoms with Crippen LogP contribution in [0.15, 0.2) is 51.7 Å². The maximum absolute atomic E-state index is 13.1. The molecule has 0 spiro atoms. The lowest BCUT2D eigenvalue weighted by Crippen LogP contribution is -2.36. The summed E-state index contributed by atoms with van der Waals surface area (Å²) in [5, 5.41) is 10.0. The van der Waals surface area contributed by atoms with Gasteiger partial charge in [-0.25, -0.2) is 4.79 Å². The summed E-state index contributed by atoms with van der Waals surface area (Å²) in [7, 11) is 1.64. The maximum atomic E-state index is 13.1. The van der Waals surface area contributed by atoms with E-state index < -0.39 is 5.97 Å². The molecule has 3 heterocycles. The summed E-state index contributed by atoms with van der Waals surface area (Å²) in [5.41, 5.74) is 1.92. The maximum Gasteiger partial charge on any atom is 0.335 e. The smallest absolute Gasteiger partial charge is 0.335 e. The fourth-order valence-electron chi connectivity index (χ4n) is 4.83. The van der Waals surface area contributed by atoms with Crippen molar-refractivity contribution in [3.63, 3.8) is 0 Å². The van der Waals surface area contributed by atoms with Gasteiger partial charge in [0.25, 0.3) is 0 Å². The van der Waals surface area contributed by atoms with Crippen molar-refractivity contribution in [1.29, 1.82) is 0 Å². The van der Waals surface area contributed by atoms with E-state index in [1.165, 1.54) is 12.1 Å². The standard InChI is InChI=1S/C25H26N2O6/c1-31-22-7-3-2-5-20(22)27-8-4-6-19(27)17-13-16(25(29)30)14-18-21(28)15-23(33-24(17)18)26-9-11-32-12-10-26/h2-3,5,7,13-15,19H,4,6,8-12H2,1H3,(H,29,30)/t19-/m1/s1. The minimum Gasteiger partial charge on any atom is -0.495 e. The van der Waals surface area contributed by atoms with Gasteiger partial charge in [-0.3, -0.25) is 4.79 Å². The lowest BCUT2D eigenvalue weighted by Gasteiger charge is -2.30. The van der Waals surface area contributed by atoms with Crippen molar-refractivity contribution in [3.8, 4) is 5.75 Å². The molecule has 0 radical (unpaired) electrons. The van der Waals surface area contributed by atoms with E-state index in [0.29, 0.717) is 43.3 Å². The van der Waals surface area contributed by atoms with Gasteiger partial charge in [0.15, 0.2) is 11.3 Å². The van der Waals surface area contributed by atoms with E-state index in [1.807, 2.05) is 29.2 Å². The second-order valence-electron chi connectivity index (χ2n) is 8.32. The van der Waals surface area contributed by atoms with Crippen LogP contribution in [0.25, 0.3) is 11.0 Å². The van der Waals surface area contributed by atoms with Gasteiger partial charge in [-0.2, -0.15) is 0 Å². The monoisotopic (exact) mass is 450 g/mol. The highest BCUT2D eigenvalue weighted by molar-refractivity contribution is 5.94. The van der Waals surface area contributed by atoms with Crippen molar-refractivity contribution < 1.29 is 23.8 Å². The van der Waals surface area contributed by atoms with Crippen molar-refractivity contribution in [2.45, 2.75) is 18.9 Å². The normalized spacial score (nSPS) is 18.6. The molecule has 1 atom stereocenters. The van der Waals surface area contributed by atoms with Gasteiger partial charge in [0.1, 0.15) is 11.3 Å². The zero-order chi connectivity index (χ0) is 22.9. The van der Waals surface area contributed by atoms with Gasteiger partial charge in [-0.15, -0.1) is 0 Å². The number of carbonyl (C=O) groups is 1. The van der Waals surface area contributed by atoms with Gasteiger partial charge in [-0.05, 0) is 37.1 Å². The van der Waals surface area contributed by atoms with Crippen LogP contribution in [-0.4, -0.2) is 51.0 Å². The highest BCUT2D eigenvalue weighted by atomic mass is 16.5. The molecule has 2 aliphatic heterocycles. The molecule has 2 aliphatic rings. The third kappa shape index (κ3) is 3.91. The van der Waals surface area contributed by atoms with Crippen LogP contribution in [-0.2, 0) is 4.74 Å². The highest BCUT2D eigenvalue weighted by Gasteiger charge is 2.32. The Hall–Kier alpha value is -3.52. The van der Waals surface area contributed by atoms with Gasteiger partial charge >= 0.3 is 5.97 Å². The predicted octanol–water partition coefficient (Wildman–Crippen LogP) is 3.68. The first-order valence-corrected chi connectivity index (χ1v) is 11.1. The van der Waals surface area contributed by atoms with Crippen LogP contribution in [0.3, 0.4) is 0 Å². The zero-order valence-corrected chi connectivity index (χ0v) is 18.5. The van der Waals surface area contributed by atoms with Crippen molar-refractivity contribution in [1.82, 2.24) is 0 Å². The number of fused-ring (bicyclic) bond motifs is 1. The minimum absolute atomic E-state index is 0.0794. The first-order valence-electron chi connectivity index (χ1n) is 11.1. The largest absolute Gasteiger partial charge is 0.495 e. The number of ether oxygens (including phenoxy) is 2. The number of nitrogens with zero attached hydrogens (tertiary/aromatic N) is 2. The number of methoxy groups -OCH3 is 1. The molecule has 5 rings (SSSR count). The molecule has 0 unspecified atom stereocenters. The van der Waals surface area contributed by atoms with Gasteiger partial charge in [-0.1, -0.05) is 12.1 Å². The van der Waals surface area contributed by atoms with E-state index in [-0.39, 0.29) is 22.4 Å². The Morgan fingerprint density at radius 2 is 1.91 bits per heavy atom. The molecule has 2 fully saturated rings. The molecule has 1 aromatic heterocycles. The molecule has 1 N–H and O–H groups in total. The Morgan fingerprint density at radius 1 is 1.12 bits per heavy atom. The highest BCUT2D eigenvalue weighted by Crippen LogP contribution is 2.42.